The van der Waals surface area contributed by atoms with Gasteiger partial charge < -0.3 is 27.5 Å². The molecular weight excluding hydrogens is 969 g/mol. The lowest BCUT2D eigenvalue weighted by molar-refractivity contribution is -0.138. The van der Waals surface area contributed by atoms with Crippen molar-refractivity contribution in [3.8, 4) is 5.75 Å². The topological polar surface area (TPSA) is 89.5 Å². The minimum Gasteiger partial charge on any atom is -0.497 e. The summed E-state index contributed by atoms with van der Waals surface area (Å²) in [7, 11) is -5.05. The van der Waals surface area contributed by atoms with E-state index in [4.69, 9.17) is 27.5 Å². The first-order valence-corrected chi connectivity index (χ1v) is 37.5. The van der Waals surface area contributed by atoms with Crippen molar-refractivity contribution in [2.45, 2.75) is 261 Å². The van der Waals surface area contributed by atoms with E-state index < -0.39 is 31.1 Å². The number of hydrogen-bond acceptors (Lipinski definition) is 8. The average molecular weight is 1080 g/mol. The minimum absolute atomic E-state index is 0.00367. The van der Waals surface area contributed by atoms with E-state index in [0.29, 0.717) is 25.4 Å². The van der Waals surface area contributed by atoms with E-state index in [1.54, 1.807) is 13.2 Å². The number of esters is 1. The molecule has 11 heteroatoms. The number of methoxy groups -OCH3 is 1. The molecule has 1 rings (SSSR count). The number of hydrogen-bond donors (Lipinski definition) is 0. The van der Waals surface area contributed by atoms with E-state index in [-0.39, 0.29) is 57.7 Å². The van der Waals surface area contributed by atoms with Crippen molar-refractivity contribution in [2.75, 3.05) is 20.3 Å². The molecule has 0 amide bonds. The molecule has 7 atom stereocenters. The first-order valence-electron chi connectivity index (χ1n) is 29.1. The highest BCUT2D eigenvalue weighted by Crippen LogP contribution is 2.44. The summed E-state index contributed by atoms with van der Waals surface area (Å²) in [6.45, 7) is 48.4. The van der Waals surface area contributed by atoms with Crippen LogP contribution in [-0.4, -0.2) is 75.3 Å². The fourth-order valence-electron chi connectivity index (χ4n) is 9.47. The molecule has 0 aliphatic heterocycles. The van der Waals surface area contributed by atoms with E-state index in [2.05, 4.69) is 154 Å². The predicted molar refractivity (Wildman–Crippen MR) is 324 cm³/mol. The first kappa shape index (κ1) is 69.6. The molecular formula is C63H114O8Si3. The van der Waals surface area contributed by atoms with Crippen LogP contribution in [0.1, 0.15) is 187 Å². The maximum Gasteiger partial charge on any atom is 0.333 e. The molecule has 0 heterocycles. The van der Waals surface area contributed by atoms with Crippen molar-refractivity contribution in [3.05, 3.63) is 76.9 Å². The Morgan fingerprint density at radius 3 is 1.76 bits per heavy atom. The van der Waals surface area contributed by atoms with E-state index in [1.807, 2.05) is 38.1 Å². The second-order valence-corrected chi connectivity index (χ2v) is 39.2. The van der Waals surface area contributed by atoms with Crippen LogP contribution in [0.3, 0.4) is 0 Å². The summed E-state index contributed by atoms with van der Waals surface area (Å²) in [6, 6.07) is 11.2. The molecule has 0 aromatic heterocycles. The third kappa shape index (κ3) is 24.1. The van der Waals surface area contributed by atoms with Gasteiger partial charge in [0.15, 0.2) is 30.7 Å². The Morgan fingerprint density at radius 2 is 1.24 bits per heavy atom. The molecule has 0 aliphatic carbocycles. The van der Waals surface area contributed by atoms with E-state index >= 15 is 0 Å². The van der Waals surface area contributed by atoms with E-state index in [9.17, 15) is 9.59 Å². The van der Waals surface area contributed by atoms with Crippen LogP contribution in [0.4, 0.5) is 0 Å². The summed E-state index contributed by atoms with van der Waals surface area (Å²) < 4.78 is 39.7. The summed E-state index contributed by atoms with van der Waals surface area (Å²) in [6.07, 6.45) is 20.7. The molecule has 1 unspecified atom stereocenters. The zero-order valence-electron chi connectivity index (χ0n) is 51.8. The highest BCUT2D eigenvalue weighted by atomic mass is 28.4. The Kier molecular flexibility index (Phi) is 31.8. The lowest BCUT2D eigenvalue weighted by Crippen LogP contribution is -2.52. The Bertz CT molecular complexity index is 1870. The second kappa shape index (κ2) is 33.8. The minimum atomic E-state index is -2.32. The van der Waals surface area contributed by atoms with Gasteiger partial charge in [-0.1, -0.05) is 183 Å². The van der Waals surface area contributed by atoms with Crippen LogP contribution >= 0.6 is 0 Å². The Labute approximate surface area is 459 Å². The fraction of sp³-hybridized carbons (Fsp3) is 0.746. The molecule has 8 nitrogen and oxygen atoms in total. The Balaban J connectivity index is 4.05. The summed E-state index contributed by atoms with van der Waals surface area (Å²) in [5.41, 5.74) is 3.86. The Hall–Kier alpha value is -2.39. The third-order valence-corrected chi connectivity index (χ3v) is 30.3. The number of carbonyl (C=O) groups excluding carboxylic acids is 2. The monoisotopic (exact) mass is 1080 g/mol. The Morgan fingerprint density at radius 1 is 0.703 bits per heavy atom. The van der Waals surface area contributed by atoms with Gasteiger partial charge in [0.05, 0.1) is 39.1 Å². The van der Waals surface area contributed by atoms with Gasteiger partial charge in [0.25, 0.3) is 0 Å². The summed E-state index contributed by atoms with van der Waals surface area (Å²) in [5, 5.41) is -0.0190. The van der Waals surface area contributed by atoms with Crippen LogP contribution < -0.4 is 4.74 Å². The zero-order chi connectivity index (χ0) is 56.5. The molecule has 1 aromatic rings. The molecule has 1 aromatic carbocycles. The number of unbranched alkanes of at least 4 members (excludes halogenated alkanes) is 7. The molecule has 0 spiro atoms. The lowest BCUT2D eigenvalue weighted by atomic mass is 9.74. The van der Waals surface area contributed by atoms with Crippen LogP contribution in [-0.2, 0) is 38.9 Å². The quantitative estimate of drug-likeness (QED) is 0.0214. The highest BCUT2D eigenvalue weighted by Gasteiger charge is 2.46. The van der Waals surface area contributed by atoms with Gasteiger partial charge in [-0.05, 0) is 143 Å². The molecule has 0 saturated heterocycles. The number of rotatable bonds is 37. The number of allylic oxidation sites excluding steroid dienone is 5. The maximum atomic E-state index is 14.3. The van der Waals surface area contributed by atoms with Gasteiger partial charge in [-0.3, -0.25) is 4.79 Å². The van der Waals surface area contributed by atoms with Crippen LogP contribution in [0.25, 0.3) is 0 Å². The van der Waals surface area contributed by atoms with Gasteiger partial charge in [-0.2, -0.15) is 0 Å². The van der Waals surface area contributed by atoms with E-state index in [0.717, 1.165) is 60.7 Å². The van der Waals surface area contributed by atoms with Crippen LogP contribution in [0.15, 0.2) is 71.4 Å². The van der Waals surface area contributed by atoms with Gasteiger partial charge >= 0.3 is 5.97 Å². The molecule has 0 aliphatic rings. The second-order valence-electron chi connectivity index (χ2n) is 25.0. The molecule has 0 N–H and O–H groups in total. The average Bonchev–Trinajstić information content (AvgIpc) is 3.32. The molecule has 426 valence electrons. The molecule has 0 radical (unpaired) electrons. The summed E-state index contributed by atoms with van der Waals surface area (Å²) in [4.78, 5) is 27.1. The van der Waals surface area contributed by atoms with Crippen LogP contribution in [0, 0.1) is 23.7 Å². The smallest absolute Gasteiger partial charge is 0.333 e. The van der Waals surface area contributed by atoms with Gasteiger partial charge in [0, 0.05) is 11.5 Å². The highest BCUT2D eigenvalue weighted by molar-refractivity contribution is 6.74. The van der Waals surface area contributed by atoms with E-state index in [1.165, 1.54) is 44.1 Å². The van der Waals surface area contributed by atoms with Gasteiger partial charge in [0.1, 0.15) is 11.9 Å². The van der Waals surface area contributed by atoms with Crippen LogP contribution in [0.5, 0.6) is 5.75 Å². The summed E-state index contributed by atoms with van der Waals surface area (Å²) in [5.74, 6) is 0.716. The van der Waals surface area contributed by atoms with Gasteiger partial charge in [0.2, 0.25) is 0 Å². The standard InChI is InChI=1S/C63H114O8Si3/c1-23-28-29-30-31-32-33-34-38-58(69-72(19,20)62(12,13)14)57(64)37-35-36-48(6)45-56(60(71-74(25-3,26-4)27-5)50(8)43-49(7)44-51(9)61(65)68-24-2)53(11)59(70-73(21,22)63(15,16)17)52(10)46-67-47-54-39-41-55(66-18)42-40-54/h35-37,39-44,50,52-53,56,58-60H,23-34,38,45-47H2,1-22H3/b37-35+,48-36+,49-43+,51-44+/t50-,52+,53-,56-,58?,59+,60+/m0/s1. The molecule has 74 heavy (non-hydrogen) atoms. The number of ketones is 1. The lowest BCUT2D eigenvalue weighted by Gasteiger charge is -2.47. The SMILES string of the molecule is CCCCCCCCCCC(O[Si](C)(C)C(C)(C)C)C(=O)/C=C/C=C(\C)C[C@@H]([C@H](C)[C@H](O[Si](C)(C)C(C)(C)C)[C@H](C)COCc1ccc(OC)cc1)[C@H](O[Si](CC)(CC)CC)[C@@H](C)/C=C(C)/C=C(\C)C(=O)OCC. The molecule has 0 bridgehead atoms. The molecule has 0 saturated carbocycles. The number of ether oxygens (including phenoxy) is 3. The van der Waals surface area contributed by atoms with Gasteiger partial charge in [-0.25, -0.2) is 4.79 Å². The van der Waals surface area contributed by atoms with Crippen LogP contribution in [0.2, 0.25) is 54.4 Å². The summed E-state index contributed by atoms with van der Waals surface area (Å²) >= 11 is 0. The van der Waals surface area contributed by atoms with Crippen molar-refractivity contribution < 1.29 is 37.1 Å². The number of carbonyl (C=O) groups is 2. The molecule has 0 fully saturated rings. The predicted octanol–water partition coefficient (Wildman–Crippen LogP) is 18.4. The van der Waals surface area contributed by atoms with Gasteiger partial charge in [-0.15, -0.1) is 0 Å². The first-order chi connectivity index (χ1) is 34.5. The largest absolute Gasteiger partial charge is 0.497 e. The van der Waals surface area contributed by atoms with Crippen molar-refractivity contribution in [2.24, 2.45) is 23.7 Å². The van der Waals surface area contributed by atoms with Crippen molar-refractivity contribution >= 4 is 36.7 Å². The number of benzene rings is 1. The normalized spacial score (nSPS) is 16.7. The zero-order valence-corrected chi connectivity index (χ0v) is 54.8. The maximum absolute atomic E-state index is 14.3. The third-order valence-electron chi connectivity index (χ3n) is 16.7. The van der Waals surface area contributed by atoms with Crippen molar-refractivity contribution in [3.63, 3.8) is 0 Å². The fourth-order valence-corrected chi connectivity index (χ4v) is 15.2. The van der Waals surface area contributed by atoms with Crippen molar-refractivity contribution in [1.29, 1.82) is 0 Å². The van der Waals surface area contributed by atoms with Crippen molar-refractivity contribution in [1.82, 2.24) is 0 Å².